The number of aliphatic carboxylic acids is 1. The maximum absolute atomic E-state index is 11.4. The van der Waals surface area contributed by atoms with Crippen molar-refractivity contribution in [3.05, 3.63) is 0 Å². The van der Waals surface area contributed by atoms with Crippen LogP contribution < -0.4 is 0 Å². The molecule has 3 nitrogen and oxygen atoms in total. The minimum absolute atomic E-state index is 0.354. The van der Waals surface area contributed by atoms with E-state index in [0.29, 0.717) is 11.7 Å². The van der Waals surface area contributed by atoms with E-state index in [1.807, 2.05) is 6.92 Å². The summed E-state index contributed by atoms with van der Waals surface area (Å²) in [6, 6.07) is 0. The molecular formula is C9H18O3S. The first kappa shape index (κ1) is 12.6. The van der Waals surface area contributed by atoms with Crippen molar-refractivity contribution in [2.45, 2.75) is 38.9 Å². The molecule has 0 aromatic heterocycles. The summed E-state index contributed by atoms with van der Waals surface area (Å²) in [6.07, 6.45) is 2.07. The Morgan fingerprint density at radius 1 is 1.46 bits per heavy atom. The molecule has 0 rings (SSSR count). The molecule has 1 N–H and O–H groups in total. The Morgan fingerprint density at radius 3 is 2.38 bits per heavy atom. The summed E-state index contributed by atoms with van der Waals surface area (Å²) >= 11 is 0. The van der Waals surface area contributed by atoms with Gasteiger partial charge in [0.1, 0.15) is 5.25 Å². The predicted molar refractivity (Wildman–Crippen MR) is 54.2 cm³/mol. The lowest BCUT2D eigenvalue weighted by molar-refractivity contribution is -0.136. The lowest BCUT2D eigenvalue weighted by Gasteiger charge is -2.11. The number of carbonyl (C=O) groups is 1. The smallest absolute Gasteiger partial charge is 0.318 e. The Bertz CT molecular complexity index is 191. The van der Waals surface area contributed by atoms with E-state index in [0.717, 1.165) is 12.8 Å². The zero-order valence-corrected chi connectivity index (χ0v) is 9.26. The number of rotatable bonds is 6. The summed E-state index contributed by atoms with van der Waals surface area (Å²) in [4.78, 5) is 10.5. The molecule has 0 amide bonds. The normalized spacial score (nSPS) is 17.8. The van der Waals surface area contributed by atoms with Gasteiger partial charge in [-0.15, -0.1) is 0 Å². The third kappa shape index (κ3) is 5.03. The lowest BCUT2D eigenvalue weighted by Crippen LogP contribution is -2.25. The van der Waals surface area contributed by atoms with Crippen LogP contribution in [0.4, 0.5) is 0 Å². The molecule has 0 aliphatic heterocycles. The van der Waals surface area contributed by atoms with Gasteiger partial charge in [-0.3, -0.25) is 9.00 Å². The summed E-state index contributed by atoms with van der Waals surface area (Å²) in [6.45, 7) is 5.58. The lowest BCUT2D eigenvalue weighted by atomic mass is 10.1. The van der Waals surface area contributed by atoms with Crippen molar-refractivity contribution < 1.29 is 14.1 Å². The number of hydrogen-bond acceptors (Lipinski definition) is 2. The first-order valence-corrected chi connectivity index (χ1v) is 5.97. The fraction of sp³-hybridized carbons (Fsp3) is 0.889. The molecule has 0 bridgehead atoms. The Balaban J connectivity index is 3.92. The molecule has 0 aliphatic rings. The molecule has 4 heteroatoms. The molecule has 0 saturated heterocycles. The second kappa shape index (κ2) is 6.13. The second-order valence-electron chi connectivity index (χ2n) is 3.42. The van der Waals surface area contributed by atoms with E-state index in [4.69, 9.17) is 5.11 Å². The van der Waals surface area contributed by atoms with Crippen LogP contribution in [0.25, 0.3) is 0 Å². The van der Waals surface area contributed by atoms with Crippen LogP contribution in [0, 0.1) is 5.92 Å². The van der Waals surface area contributed by atoms with Gasteiger partial charge in [0.2, 0.25) is 0 Å². The average molecular weight is 206 g/mol. The van der Waals surface area contributed by atoms with Gasteiger partial charge in [0.25, 0.3) is 0 Å². The average Bonchev–Trinajstić information content (AvgIpc) is 2.03. The minimum atomic E-state index is -1.23. The molecular weight excluding hydrogens is 188 g/mol. The number of hydrogen-bond donors (Lipinski definition) is 1. The Morgan fingerprint density at radius 2 is 2.00 bits per heavy atom. The van der Waals surface area contributed by atoms with Crippen LogP contribution in [0.15, 0.2) is 0 Å². The highest BCUT2D eigenvalue weighted by atomic mass is 32.2. The Labute approximate surface area is 82.0 Å². The van der Waals surface area contributed by atoms with Gasteiger partial charge >= 0.3 is 5.97 Å². The Hall–Kier alpha value is -0.380. The zero-order valence-electron chi connectivity index (χ0n) is 8.45. The molecule has 0 saturated carbocycles. The van der Waals surface area contributed by atoms with Gasteiger partial charge in [-0.25, -0.2) is 0 Å². The predicted octanol–water partition coefficient (Wildman–Crippen LogP) is 1.64. The van der Waals surface area contributed by atoms with Gasteiger partial charge in [-0.05, 0) is 12.8 Å². The molecule has 0 heterocycles. The van der Waals surface area contributed by atoms with Crippen LogP contribution in [0.5, 0.6) is 0 Å². The van der Waals surface area contributed by atoms with E-state index in [1.54, 1.807) is 0 Å². The zero-order chi connectivity index (χ0) is 10.4. The molecule has 0 aliphatic carbocycles. The van der Waals surface area contributed by atoms with E-state index in [9.17, 15) is 9.00 Å². The minimum Gasteiger partial charge on any atom is -0.480 e. The molecule has 0 aromatic rings. The standard InChI is InChI=1S/C9H18O3S/c1-4-5-7(2)6-13(12)8(3)9(10)11/h7-8H,4-6H2,1-3H3,(H,10,11). The molecule has 0 radical (unpaired) electrons. The molecule has 13 heavy (non-hydrogen) atoms. The molecule has 3 atom stereocenters. The van der Waals surface area contributed by atoms with Crippen LogP contribution in [0.3, 0.4) is 0 Å². The van der Waals surface area contributed by atoms with Crippen molar-refractivity contribution >= 4 is 16.8 Å². The number of carboxylic acids is 1. The fourth-order valence-corrected chi connectivity index (χ4v) is 2.35. The highest BCUT2D eigenvalue weighted by Crippen LogP contribution is 2.09. The van der Waals surface area contributed by atoms with Gasteiger partial charge < -0.3 is 5.11 Å². The second-order valence-corrected chi connectivity index (χ2v) is 5.22. The maximum atomic E-state index is 11.4. The van der Waals surface area contributed by atoms with E-state index < -0.39 is 22.0 Å². The quantitative estimate of drug-likeness (QED) is 0.719. The molecule has 0 spiro atoms. The van der Waals surface area contributed by atoms with E-state index in [-0.39, 0.29) is 0 Å². The van der Waals surface area contributed by atoms with Gasteiger partial charge in [0, 0.05) is 16.6 Å². The SMILES string of the molecule is CCCC(C)CS(=O)C(C)C(=O)O. The van der Waals surface area contributed by atoms with Gasteiger partial charge in [0.15, 0.2) is 0 Å². The van der Waals surface area contributed by atoms with Crippen LogP contribution in [-0.4, -0.2) is 26.3 Å². The van der Waals surface area contributed by atoms with Crippen molar-refractivity contribution in [2.24, 2.45) is 5.92 Å². The molecule has 78 valence electrons. The van der Waals surface area contributed by atoms with Crippen LogP contribution >= 0.6 is 0 Å². The highest BCUT2D eigenvalue weighted by molar-refractivity contribution is 7.86. The third-order valence-corrected chi connectivity index (χ3v) is 3.86. The first-order valence-electron chi connectivity index (χ1n) is 4.59. The third-order valence-electron chi connectivity index (χ3n) is 1.97. The van der Waals surface area contributed by atoms with Crippen molar-refractivity contribution in [3.8, 4) is 0 Å². The van der Waals surface area contributed by atoms with Gasteiger partial charge in [-0.2, -0.15) is 0 Å². The summed E-state index contributed by atoms with van der Waals surface area (Å²) < 4.78 is 11.4. The van der Waals surface area contributed by atoms with Crippen molar-refractivity contribution in [2.75, 3.05) is 5.75 Å². The molecule has 3 unspecified atom stereocenters. The van der Waals surface area contributed by atoms with Crippen molar-refractivity contribution in [3.63, 3.8) is 0 Å². The molecule has 0 fully saturated rings. The number of carboxylic acid groups (broad SMARTS) is 1. The van der Waals surface area contributed by atoms with Crippen molar-refractivity contribution in [1.29, 1.82) is 0 Å². The summed E-state index contributed by atoms with van der Waals surface area (Å²) in [5.74, 6) is -0.115. The topological polar surface area (TPSA) is 54.4 Å². The van der Waals surface area contributed by atoms with E-state index in [2.05, 4.69) is 6.92 Å². The van der Waals surface area contributed by atoms with Crippen LogP contribution in [0.1, 0.15) is 33.6 Å². The van der Waals surface area contributed by atoms with Crippen LogP contribution in [-0.2, 0) is 15.6 Å². The van der Waals surface area contributed by atoms with Crippen molar-refractivity contribution in [1.82, 2.24) is 0 Å². The fourth-order valence-electron chi connectivity index (χ4n) is 1.11. The van der Waals surface area contributed by atoms with Gasteiger partial charge in [0.05, 0.1) is 0 Å². The van der Waals surface area contributed by atoms with Crippen LogP contribution in [0.2, 0.25) is 0 Å². The summed E-state index contributed by atoms with van der Waals surface area (Å²) in [5, 5.41) is 7.87. The van der Waals surface area contributed by atoms with E-state index in [1.165, 1.54) is 6.92 Å². The Kier molecular flexibility index (Phi) is 5.95. The summed E-state index contributed by atoms with van der Waals surface area (Å²) in [5.41, 5.74) is 0. The molecule has 0 aromatic carbocycles. The maximum Gasteiger partial charge on any atom is 0.318 e. The highest BCUT2D eigenvalue weighted by Gasteiger charge is 2.20. The van der Waals surface area contributed by atoms with E-state index >= 15 is 0 Å². The summed E-state index contributed by atoms with van der Waals surface area (Å²) in [7, 11) is -1.23. The first-order chi connectivity index (χ1) is 5.99. The largest absolute Gasteiger partial charge is 0.480 e. The monoisotopic (exact) mass is 206 g/mol. The van der Waals surface area contributed by atoms with Gasteiger partial charge in [-0.1, -0.05) is 26.7 Å².